The molecule has 0 radical (unpaired) electrons. The van der Waals surface area contributed by atoms with Gasteiger partial charge in [-0.05, 0) is 6.92 Å². The lowest BCUT2D eigenvalue weighted by atomic mass is 10.9. The van der Waals surface area contributed by atoms with E-state index in [2.05, 4.69) is 10.2 Å². The van der Waals surface area contributed by atoms with Crippen LogP contribution in [-0.2, 0) is 14.8 Å². The zero-order valence-corrected chi connectivity index (χ0v) is 9.75. The first-order valence-electron chi connectivity index (χ1n) is 2.03. The Morgan fingerprint density at radius 1 is 1.44 bits per heavy atom. The molecule has 0 saturated carbocycles. The Balaban J connectivity index is 3.78. The van der Waals surface area contributed by atoms with Crippen LogP contribution in [0.1, 0.15) is 6.92 Å². The summed E-state index contributed by atoms with van der Waals surface area (Å²) in [6, 6.07) is 0. The molecule has 0 heterocycles. The molecule has 0 aliphatic heterocycles. The average Bonchev–Trinajstić information content (AvgIpc) is 1.89. The van der Waals surface area contributed by atoms with Gasteiger partial charge in [-0.2, -0.15) is 0 Å². The number of phosphoric acid groups is 1. The van der Waals surface area contributed by atoms with Crippen molar-refractivity contribution in [3.63, 3.8) is 0 Å². The van der Waals surface area contributed by atoms with Crippen molar-refractivity contribution in [2.45, 2.75) is 6.92 Å². The van der Waals surface area contributed by atoms with Crippen molar-refractivity contribution in [3.8, 4) is 0 Å². The summed E-state index contributed by atoms with van der Waals surface area (Å²) in [4.78, 5) is 0. The largest absolute Gasteiger partial charge is 0.493 e. The smallest absolute Gasteiger partial charge is 0.286 e. The molecule has 56 valence electrons. The van der Waals surface area contributed by atoms with Gasteiger partial charge >= 0.3 is 7.82 Å². The molecule has 9 heavy (non-hydrogen) atoms. The van der Waals surface area contributed by atoms with Crippen LogP contribution in [0.3, 0.4) is 0 Å². The molecule has 0 N–H and O–H groups in total. The van der Waals surface area contributed by atoms with E-state index in [4.69, 9.17) is 0 Å². The van der Waals surface area contributed by atoms with Gasteiger partial charge in [0.25, 0.3) is 0 Å². The average molecular weight is 378 g/mol. The molecule has 7 heteroatoms. The summed E-state index contributed by atoms with van der Waals surface area (Å²) >= 11 is 2.94. The summed E-state index contributed by atoms with van der Waals surface area (Å²) in [5.41, 5.74) is 0. The molecule has 0 rings (SSSR count). The van der Waals surface area contributed by atoms with Crippen molar-refractivity contribution in [1.29, 1.82) is 0 Å². The van der Waals surface area contributed by atoms with Crippen LogP contribution in [0.25, 0.3) is 0 Å². The molecule has 0 atom stereocenters. The molecule has 0 amide bonds. The monoisotopic (exact) mass is 378 g/mol. The molecule has 0 saturated heterocycles. The molecule has 0 aromatic heterocycles. The van der Waals surface area contributed by atoms with Gasteiger partial charge in [-0.15, -0.1) is 0 Å². The number of hydrogen-bond acceptors (Lipinski definition) is 4. The molecule has 0 aromatic carbocycles. The fraction of sp³-hybridized carbons (Fsp3) is 1.00. The van der Waals surface area contributed by atoms with Gasteiger partial charge in [0.1, 0.15) is 46.0 Å². The molecule has 0 spiro atoms. The van der Waals surface area contributed by atoms with Crippen molar-refractivity contribution in [3.05, 3.63) is 0 Å². The minimum Gasteiger partial charge on any atom is -0.286 e. The van der Waals surface area contributed by atoms with Crippen molar-refractivity contribution < 1.29 is 14.8 Å². The Labute approximate surface area is 81.6 Å². The van der Waals surface area contributed by atoms with E-state index >= 15 is 0 Å². The standard InChI is InChI=1S/C2H5I2O4P/c1-2-6-9(5,7-3)8-4/h2H2,1H3. The molecular formula is C2H5I2O4P. The molecule has 0 aliphatic carbocycles. The summed E-state index contributed by atoms with van der Waals surface area (Å²) in [5, 5.41) is 0. The lowest BCUT2D eigenvalue weighted by molar-refractivity contribution is 0.254. The van der Waals surface area contributed by atoms with E-state index in [0.29, 0.717) is 6.61 Å². The van der Waals surface area contributed by atoms with E-state index in [9.17, 15) is 4.57 Å². The van der Waals surface area contributed by atoms with Gasteiger partial charge in [0, 0.05) is 0 Å². The Hall–Kier alpha value is 1.57. The molecule has 0 fully saturated rings. The minimum absolute atomic E-state index is 0.309. The lowest BCUT2D eigenvalue weighted by Crippen LogP contribution is -1.87. The van der Waals surface area contributed by atoms with Crippen molar-refractivity contribution in [2.24, 2.45) is 0 Å². The maximum Gasteiger partial charge on any atom is 0.493 e. The maximum atomic E-state index is 10.9. The Kier molecular flexibility index (Phi) is 6.17. The molecule has 0 unspecified atom stereocenters. The first-order valence-corrected chi connectivity index (χ1v) is 5.26. The Morgan fingerprint density at radius 3 is 2.00 bits per heavy atom. The fourth-order valence-electron chi connectivity index (χ4n) is 0.209. The van der Waals surface area contributed by atoms with Crippen molar-refractivity contribution in [2.75, 3.05) is 6.61 Å². The van der Waals surface area contributed by atoms with E-state index in [1.807, 2.05) is 0 Å². The zero-order valence-electron chi connectivity index (χ0n) is 4.54. The first kappa shape index (κ1) is 10.6. The van der Waals surface area contributed by atoms with E-state index in [1.165, 1.54) is 46.0 Å². The van der Waals surface area contributed by atoms with Crippen LogP contribution in [0.4, 0.5) is 0 Å². The third kappa shape index (κ3) is 4.10. The highest BCUT2D eigenvalue weighted by atomic mass is 127. The van der Waals surface area contributed by atoms with Crippen LogP contribution in [0, 0.1) is 0 Å². The van der Waals surface area contributed by atoms with Crippen LogP contribution in [0.5, 0.6) is 0 Å². The third-order valence-corrected chi connectivity index (χ3v) is 4.26. The van der Waals surface area contributed by atoms with Crippen LogP contribution >= 0.6 is 53.8 Å². The second-order valence-corrected chi connectivity index (χ2v) is 4.80. The normalized spacial score (nSPS) is 11.9. The topological polar surface area (TPSA) is 44.8 Å². The number of hydrogen-bond donors (Lipinski definition) is 0. The molecular weight excluding hydrogens is 373 g/mol. The van der Waals surface area contributed by atoms with Gasteiger partial charge in [-0.1, -0.05) is 0 Å². The third-order valence-electron chi connectivity index (χ3n) is 0.456. The second kappa shape index (κ2) is 5.25. The van der Waals surface area contributed by atoms with E-state index < -0.39 is 7.82 Å². The quantitative estimate of drug-likeness (QED) is 0.558. The van der Waals surface area contributed by atoms with Gasteiger partial charge in [0.15, 0.2) is 0 Å². The predicted octanol–water partition coefficient (Wildman–Crippen LogP) is 2.86. The molecule has 0 bridgehead atoms. The van der Waals surface area contributed by atoms with Gasteiger partial charge in [-0.25, -0.2) is 10.3 Å². The second-order valence-electron chi connectivity index (χ2n) is 1.00. The van der Waals surface area contributed by atoms with Crippen LogP contribution in [0.15, 0.2) is 0 Å². The van der Waals surface area contributed by atoms with E-state index in [-0.39, 0.29) is 0 Å². The number of rotatable bonds is 4. The highest BCUT2D eigenvalue weighted by molar-refractivity contribution is 14.1. The van der Waals surface area contributed by atoms with E-state index in [0.717, 1.165) is 0 Å². The minimum atomic E-state index is -3.21. The predicted molar refractivity (Wildman–Crippen MR) is 49.4 cm³/mol. The molecule has 4 nitrogen and oxygen atoms in total. The highest BCUT2D eigenvalue weighted by Gasteiger charge is 2.23. The van der Waals surface area contributed by atoms with Gasteiger partial charge < -0.3 is 0 Å². The summed E-state index contributed by atoms with van der Waals surface area (Å²) in [6.45, 7) is 2.02. The summed E-state index contributed by atoms with van der Waals surface area (Å²) in [7, 11) is -3.21. The lowest BCUT2D eigenvalue weighted by Gasteiger charge is -2.07. The fourth-order valence-corrected chi connectivity index (χ4v) is 2.71. The Morgan fingerprint density at radius 2 is 1.89 bits per heavy atom. The van der Waals surface area contributed by atoms with E-state index in [1.54, 1.807) is 6.92 Å². The Bertz CT molecular complexity index is 109. The zero-order chi connectivity index (χ0) is 7.33. The van der Waals surface area contributed by atoms with Gasteiger partial charge in [0.05, 0.1) is 6.61 Å². The molecule has 0 aliphatic rings. The van der Waals surface area contributed by atoms with Gasteiger partial charge in [-0.3, -0.25) is 4.52 Å². The first-order chi connectivity index (χ1) is 4.18. The van der Waals surface area contributed by atoms with Crippen LogP contribution in [-0.4, -0.2) is 6.61 Å². The highest BCUT2D eigenvalue weighted by Crippen LogP contribution is 2.53. The van der Waals surface area contributed by atoms with Crippen molar-refractivity contribution in [1.82, 2.24) is 0 Å². The van der Waals surface area contributed by atoms with Gasteiger partial charge in [0.2, 0.25) is 0 Å². The SMILES string of the molecule is CCOP(=O)(OI)OI. The number of halogens is 2. The van der Waals surface area contributed by atoms with Crippen molar-refractivity contribution >= 4 is 53.8 Å². The summed E-state index contributed by atoms with van der Waals surface area (Å²) < 4.78 is 24.3. The van der Waals surface area contributed by atoms with Crippen LogP contribution in [0.2, 0.25) is 0 Å². The molecule has 0 aromatic rings. The summed E-state index contributed by atoms with van der Waals surface area (Å²) in [6.07, 6.45) is 0. The summed E-state index contributed by atoms with van der Waals surface area (Å²) in [5.74, 6) is 0. The van der Waals surface area contributed by atoms with Crippen LogP contribution < -0.4 is 0 Å². The maximum absolute atomic E-state index is 10.9.